The van der Waals surface area contributed by atoms with Crippen LogP contribution in [0.25, 0.3) is 0 Å². The van der Waals surface area contributed by atoms with Crippen LogP contribution in [-0.4, -0.2) is 36.6 Å². The van der Waals surface area contributed by atoms with Crippen molar-refractivity contribution in [2.75, 3.05) is 18.4 Å². The van der Waals surface area contributed by atoms with E-state index in [4.69, 9.17) is 11.6 Å². The van der Waals surface area contributed by atoms with Gasteiger partial charge in [-0.25, -0.2) is 8.42 Å². The molecule has 0 saturated carbocycles. The van der Waals surface area contributed by atoms with E-state index in [2.05, 4.69) is 5.32 Å². The van der Waals surface area contributed by atoms with Crippen LogP contribution in [-0.2, 0) is 10.0 Å². The van der Waals surface area contributed by atoms with Crippen molar-refractivity contribution in [3.05, 3.63) is 62.7 Å². The summed E-state index contributed by atoms with van der Waals surface area (Å²) in [7, 11) is -3.74. The number of carbonyl (C=O) groups is 1. The highest BCUT2D eigenvalue weighted by molar-refractivity contribution is 7.89. The largest absolute Gasteiger partial charge is 0.322 e. The van der Waals surface area contributed by atoms with E-state index < -0.39 is 20.9 Å². The molecule has 28 heavy (non-hydrogen) atoms. The number of nitro groups is 1. The SMILES string of the molecule is CCN(CC)S(=O)(=O)c1cc(C(=O)Nc2ccc(Cl)c([N+](=O)[O-])c2)ccc1C. The number of aryl methyl sites for hydroxylation is 1. The van der Waals surface area contributed by atoms with Crippen LogP contribution in [0.5, 0.6) is 0 Å². The Kier molecular flexibility index (Phi) is 6.76. The first-order valence-electron chi connectivity index (χ1n) is 8.47. The third kappa shape index (κ3) is 4.49. The maximum atomic E-state index is 12.8. The first kappa shape index (κ1) is 21.8. The van der Waals surface area contributed by atoms with Crippen molar-refractivity contribution in [1.82, 2.24) is 4.31 Å². The minimum atomic E-state index is -3.74. The molecule has 0 aliphatic carbocycles. The molecular formula is C18H20ClN3O5S. The number of nitro benzene ring substituents is 1. The van der Waals surface area contributed by atoms with Crippen LogP contribution >= 0.6 is 11.6 Å². The lowest BCUT2D eigenvalue weighted by atomic mass is 10.1. The molecule has 10 heteroatoms. The molecule has 0 aliphatic heterocycles. The summed E-state index contributed by atoms with van der Waals surface area (Å²) in [4.78, 5) is 22.9. The van der Waals surface area contributed by atoms with Crippen molar-refractivity contribution in [2.24, 2.45) is 0 Å². The van der Waals surface area contributed by atoms with Gasteiger partial charge in [-0.15, -0.1) is 0 Å². The van der Waals surface area contributed by atoms with E-state index in [9.17, 15) is 23.3 Å². The molecule has 0 saturated heterocycles. The van der Waals surface area contributed by atoms with Crippen molar-refractivity contribution in [2.45, 2.75) is 25.7 Å². The predicted octanol–water partition coefficient (Wildman–Crippen LogP) is 3.84. The van der Waals surface area contributed by atoms with Gasteiger partial charge in [-0.1, -0.05) is 31.5 Å². The Morgan fingerprint density at radius 2 is 1.82 bits per heavy atom. The number of nitrogens with one attached hydrogen (secondary N) is 1. The van der Waals surface area contributed by atoms with Gasteiger partial charge >= 0.3 is 0 Å². The summed E-state index contributed by atoms with van der Waals surface area (Å²) in [5.74, 6) is -0.590. The normalized spacial score (nSPS) is 11.5. The Bertz CT molecular complexity index is 1020. The Labute approximate surface area is 168 Å². The molecule has 0 atom stereocenters. The number of hydrogen-bond acceptors (Lipinski definition) is 5. The molecule has 0 radical (unpaired) electrons. The van der Waals surface area contributed by atoms with E-state index >= 15 is 0 Å². The van der Waals surface area contributed by atoms with Crippen molar-refractivity contribution in [1.29, 1.82) is 0 Å². The molecule has 8 nitrogen and oxygen atoms in total. The highest BCUT2D eigenvalue weighted by Gasteiger charge is 2.25. The fourth-order valence-corrected chi connectivity index (χ4v) is 4.55. The number of amides is 1. The topological polar surface area (TPSA) is 110 Å². The van der Waals surface area contributed by atoms with E-state index in [1.54, 1.807) is 26.8 Å². The Morgan fingerprint density at radius 1 is 1.18 bits per heavy atom. The predicted molar refractivity (Wildman–Crippen MR) is 107 cm³/mol. The standard InChI is InChI=1S/C18H20ClN3O5S/c1-4-21(5-2)28(26,27)17-10-13(7-6-12(17)3)18(23)20-14-8-9-15(19)16(11-14)22(24)25/h6-11H,4-5H2,1-3H3,(H,20,23). The van der Waals surface area contributed by atoms with E-state index in [1.807, 2.05) is 0 Å². The van der Waals surface area contributed by atoms with E-state index in [-0.39, 0.29) is 26.9 Å². The van der Waals surface area contributed by atoms with Crippen molar-refractivity contribution >= 4 is 38.9 Å². The first-order chi connectivity index (χ1) is 13.1. The fraction of sp³-hybridized carbons (Fsp3) is 0.278. The second kappa shape index (κ2) is 8.68. The lowest BCUT2D eigenvalue weighted by Crippen LogP contribution is -2.31. The number of carbonyl (C=O) groups excluding carboxylic acids is 1. The summed E-state index contributed by atoms with van der Waals surface area (Å²) in [6, 6.07) is 8.23. The molecule has 0 heterocycles. The van der Waals surface area contributed by atoms with Gasteiger partial charge in [0.15, 0.2) is 0 Å². The zero-order valence-electron chi connectivity index (χ0n) is 15.6. The molecule has 2 rings (SSSR count). The summed E-state index contributed by atoms with van der Waals surface area (Å²) >= 11 is 5.76. The van der Waals surface area contributed by atoms with Gasteiger partial charge in [-0.2, -0.15) is 4.31 Å². The summed E-state index contributed by atoms with van der Waals surface area (Å²) in [6.45, 7) is 5.74. The van der Waals surface area contributed by atoms with E-state index in [0.29, 0.717) is 18.7 Å². The van der Waals surface area contributed by atoms with Crippen LogP contribution in [0, 0.1) is 17.0 Å². The number of benzene rings is 2. The van der Waals surface area contributed by atoms with Crippen LogP contribution in [0.4, 0.5) is 11.4 Å². The van der Waals surface area contributed by atoms with Gasteiger partial charge in [-0.05, 0) is 36.8 Å². The van der Waals surface area contributed by atoms with E-state index in [0.717, 1.165) is 6.07 Å². The fourth-order valence-electron chi connectivity index (χ4n) is 2.66. The van der Waals surface area contributed by atoms with Crippen LogP contribution in [0.2, 0.25) is 5.02 Å². The minimum Gasteiger partial charge on any atom is -0.322 e. The lowest BCUT2D eigenvalue weighted by molar-refractivity contribution is -0.384. The Morgan fingerprint density at radius 3 is 2.39 bits per heavy atom. The lowest BCUT2D eigenvalue weighted by Gasteiger charge is -2.20. The van der Waals surface area contributed by atoms with E-state index in [1.165, 1.54) is 28.6 Å². The molecule has 0 spiro atoms. The van der Waals surface area contributed by atoms with Crippen LogP contribution < -0.4 is 5.32 Å². The summed E-state index contributed by atoms with van der Waals surface area (Å²) < 4.78 is 26.9. The Hall–Kier alpha value is -2.49. The molecule has 0 unspecified atom stereocenters. The molecule has 0 fully saturated rings. The van der Waals surface area contributed by atoms with Gasteiger partial charge in [-0.3, -0.25) is 14.9 Å². The molecule has 150 valence electrons. The maximum absolute atomic E-state index is 12.8. The average Bonchev–Trinajstić information content (AvgIpc) is 2.64. The molecule has 0 aliphatic rings. The van der Waals surface area contributed by atoms with Gasteiger partial charge in [0.05, 0.1) is 9.82 Å². The number of sulfonamides is 1. The smallest absolute Gasteiger partial charge is 0.289 e. The first-order valence-corrected chi connectivity index (χ1v) is 10.3. The molecule has 1 amide bonds. The highest BCUT2D eigenvalue weighted by Crippen LogP contribution is 2.28. The van der Waals surface area contributed by atoms with Gasteiger partial charge in [0, 0.05) is 30.4 Å². The van der Waals surface area contributed by atoms with Crippen molar-refractivity contribution < 1.29 is 18.1 Å². The third-order valence-corrected chi connectivity index (χ3v) is 6.69. The number of halogens is 1. The van der Waals surface area contributed by atoms with Crippen LogP contribution in [0.15, 0.2) is 41.3 Å². The van der Waals surface area contributed by atoms with Gasteiger partial charge in [0.2, 0.25) is 10.0 Å². The molecular weight excluding hydrogens is 406 g/mol. The van der Waals surface area contributed by atoms with Crippen molar-refractivity contribution in [3.63, 3.8) is 0 Å². The van der Waals surface area contributed by atoms with Crippen molar-refractivity contribution in [3.8, 4) is 0 Å². The molecule has 0 bridgehead atoms. The molecule has 0 aromatic heterocycles. The van der Waals surface area contributed by atoms with Crippen LogP contribution in [0.3, 0.4) is 0 Å². The third-order valence-electron chi connectivity index (χ3n) is 4.17. The van der Waals surface area contributed by atoms with Gasteiger partial charge in [0.25, 0.3) is 11.6 Å². The number of rotatable bonds is 7. The van der Waals surface area contributed by atoms with Crippen LogP contribution in [0.1, 0.15) is 29.8 Å². The molecule has 2 aromatic carbocycles. The molecule has 2 aromatic rings. The quantitative estimate of drug-likeness (QED) is 0.535. The average molecular weight is 426 g/mol. The summed E-state index contributed by atoms with van der Waals surface area (Å²) in [5.41, 5.74) is 0.475. The minimum absolute atomic E-state index is 0.0472. The number of hydrogen-bond donors (Lipinski definition) is 1. The highest BCUT2D eigenvalue weighted by atomic mass is 35.5. The number of anilines is 1. The summed E-state index contributed by atoms with van der Waals surface area (Å²) in [6.07, 6.45) is 0. The number of nitrogens with zero attached hydrogens (tertiary/aromatic N) is 2. The Balaban J connectivity index is 2.38. The molecule has 1 N–H and O–H groups in total. The maximum Gasteiger partial charge on any atom is 0.289 e. The zero-order valence-corrected chi connectivity index (χ0v) is 17.2. The summed E-state index contributed by atoms with van der Waals surface area (Å²) in [5, 5.41) is 13.5. The van der Waals surface area contributed by atoms with Gasteiger partial charge in [0.1, 0.15) is 5.02 Å². The second-order valence-corrected chi connectivity index (χ2v) is 8.26. The second-order valence-electron chi connectivity index (χ2n) is 5.95. The zero-order chi connectivity index (χ0) is 21.1. The van der Waals surface area contributed by atoms with Gasteiger partial charge < -0.3 is 5.32 Å². The monoisotopic (exact) mass is 425 g/mol.